The molecule has 1 aliphatic rings. The van der Waals surface area contributed by atoms with E-state index in [1.54, 1.807) is 6.07 Å². The van der Waals surface area contributed by atoms with E-state index in [9.17, 15) is 4.79 Å². The minimum atomic E-state index is -0.0122. The van der Waals surface area contributed by atoms with Crippen LogP contribution in [0.5, 0.6) is 0 Å². The fourth-order valence-electron chi connectivity index (χ4n) is 4.40. The van der Waals surface area contributed by atoms with Gasteiger partial charge in [-0.3, -0.25) is 4.79 Å². The minimum absolute atomic E-state index is 0.0122. The smallest absolute Gasteiger partial charge is 0.254 e. The van der Waals surface area contributed by atoms with E-state index in [1.807, 2.05) is 42.2 Å². The summed E-state index contributed by atoms with van der Waals surface area (Å²) in [4.78, 5) is 20.1. The molecule has 4 rings (SSSR count). The van der Waals surface area contributed by atoms with Crippen LogP contribution in [0.15, 0.2) is 36.4 Å². The van der Waals surface area contributed by atoms with E-state index in [-0.39, 0.29) is 5.91 Å². The van der Waals surface area contributed by atoms with Crippen LogP contribution in [0.2, 0.25) is 10.0 Å². The molecule has 0 radical (unpaired) electrons. The van der Waals surface area contributed by atoms with Crippen LogP contribution in [-0.2, 0) is 6.54 Å². The molecule has 1 fully saturated rings. The third-order valence-corrected chi connectivity index (χ3v) is 6.59. The topological polar surface area (TPSA) is 38.1 Å². The second-order valence-electron chi connectivity index (χ2n) is 8.16. The lowest BCUT2D eigenvalue weighted by atomic mass is 10.1. The Balaban J connectivity index is 1.71. The van der Waals surface area contributed by atoms with Gasteiger partial charge in [0.05, 0.1) is 17.6 Å². The van der Waals surface area contributed by atoms with Gasteiger partial charge in [0.25, 0.3) is 5.91 Å². The van der Waals surface area contributed by atoms with Gasteiger partial charge in [-0.2, -0.15) is 0 Å². The van der Waals surface area contributed by atoms with Crippen LogP contribution in [0.1, 0.15) is 66.8 Å². The predicted molar refractivity (Wildman–Crippen MR) is 123 cm³/mol. The first-order chi connectivity index (χ1) is 14.5. The average molecular weight is 444 g/mol. The first-order valence-corrected chi connectivity index (χ1v) is 11.4. The maximum atomic E-state index is 13.3. The zero-order valence-corrected chi connectivity index (χ0v) is 19.0. The number of hydrogen-bond acceptors (Lipinski definition) is 2. The Hall–Kier alpha value is -2.04. The highest BCUT2D eigenvalue weighted by Gasteiger charge is 2.25. The van der Waals surface area contributed by atoms with Crippen molar-refractivity contribution < 1.29 is 4.79 Å². The Morgan fingerprint density at radius 3 is 2.63 bits per heavy atom. The molecule has 0 bridgehead atoms. The third kappa shape index (κ3) is 4.21. The molecule has 1 saturated carbocycles. The van der Waals surface area contributed by atoms with Crippen LogP contribution in [0.25, 0.3) is 11.0 Å². The first kappa shape index (κ1) is 21.2. The number of amides is 1. The molecule has 6 heteroatoms. The summed E-state index contributed by atoms with van der Waals surface area (Å²) < 4.78 is 2.33. The number of halogens is 2. The van der Waals surface area contributed by atoms with Crippen molar-refractivity contribution in [2.75, 3.05) is 6.54 Å². The second-order valence-corrected chi connectivity index (χ2v) is 9.00. The number of nitrogens with zero attached hydrogens (tertiary/aromatic N) is 3. The summed E-state index contributed by atoms with van der Waals surface area (Å²) in [6.07, 6.45) is 5.61. The molecule has 0 N–H and O–H groups in total. The summed E-state index contributed by atoms with van der Waals surface area (Å²) in [5, 5.41) is 1.33. The van der Waals surface area contributed by atoms with Crippen molar-refractivity contribution in [1.29, 1.82) is 0 Å². The number of hydrogen-bond donors (Lipinski definition) is 0. The fraction of sp³-hybridized carbons (Fsp3) is 0.417. The van der Waals surface area contributed by atoms with Crippen molar-refractivity contribution in [3.05, 3.63) is 63.4 Å². The van der Waals surface area contributed by atoms with Gasteiger partial charge >= 0.3 is 0 Å². The van der Waals surface area contributed by atoms with Gasteiger partial charge in [-0.15, -0.1) is 0 Å². The molecule has 0 unspecified atom stereocenters. The number of imidazole rings is 1. The molecule has 1 heterocycles. The van der Waals surface area contributed by atoms with Crippen LogP contribution in [0.3, 0.4) is 0 Å². The highest BCUT2D eigenvalue weighted by molar-refractivity contribution is 6.31. The van der Waals surface area contributed by atoms with E-state index in [0.29, 0.717) is 34.7 Å². The molecule has 0 atom stereocenters. The van der Waals surface area contributed by atoms with Crippen LogP contribution >= 0.6 is 23.2 Å². The number of aryl methyl sites for hydroxylation is 1. The van der Waals surface area contributed by atoms with E-state index >= 15 is 0 Å². The average Bonchev–Trinajstić information content (AvgIpc) is 3.36. The number of aromatic nitrogens is 2. The maximum absolute atomic E-state index is 13.3. The highest BCUT2D eigenvalue weighted by Crippen LogP contribution is 2.35. The molecule has 0 spiro atoms. The summed E-state index contributed by atoms with van der Waals surface area (Å²) >= 11 is 12.6. The summed E-state index contributed by atoms with van der Waals surface area (Å²) in [6, 6.07) is 11.8. The highest BCUT2D eigenvalue weighted by atomic mass is 35.5. The van der Waals surface area contributed by atoms with E-state index < -0.39 is 0 Å². The summed E-state index contributed by atoms with van der Waals surface area (Å²) in [6.45, 7) is 5.16. The largest absolute Gasteiger partial charge is 0.331 e. The minimum Gasteiger partial charge on any atom is -0.331 e. The summed E-state index contributed by atoms with van der Waals surface area (Å²) in [5.41, 5.74) is 3.58. The number of carbonyl (C=O) groups is 1. The number of rotatable bonds is 6. The van der Waals surface area contributed by atoms with Gasteiger partial charge < -0.3 is 9.47 Å². The Kier molecular flexibility index (Phi) is 6.35. The van der Waals surface area contributed by atoms with E-state index in [4.69, 9.17) is 28.2 Å². The maximum Gasteiger partial charge on any atom is 0.254 e. The quantitative estimate of drug-likeness (QED) is 0.419. The molecule has 1 amide bonds. The number of fused-ring (bicyclic) bond motifs is 1. The van der Waals surface area contributed by atoms with Crippen LogP contribution in [0.4, 0.5) is 0 Å². The monoisotopic (exact) mass is 443 g/mol. The van der Waals surface area contributed by atoms with Crippen molar-refractivity contribution >= 4 is 40.1 Å². The van der Waals surface area contributed by atoms with Gasteiger partial charge in [-0.25, -0.2) is 4.98 Å². The Morgan fingerprint density at radius 2 is 1.93 bits per heavy atom. The fourth-order valence-corrected chi connectivity index (χ4v) is 4.75. The standard InChI is InChI=1S/C24H27Cl2N3O/c1-3-12-28(24(30)17-9-8-16(2)20(26)13-17)15-23-27-21-11-10-18(25)14-22(21)29(23)19-6-4-5-7-19/h8-11,13-14,19H,3-7,12,15H2,1-2H3. The predicted octanol–water partition coefficient (Wildman–Crippen LogP) is 6.82. The Bertz CT molecular complexity index is 1070. The molecule has 30 heavy (non-hydrogen) atoms. The first-order valence-electron chi connectivity index (χ1n) is 10.7. The lowest BCUT2D eigenvalue weighted by Gasteiger charge is -2.24. The molecule has 1 aromatic heterocycles. The number of benzene rings is 2. The molecule has 2 aromatic carbocycles. The lowest BCUT2D eigenvalue weighted by molar-refractivity contribution is 0.0736. The SMILES string of the molecule is CCCN(Cc1nc2ccc(Cl)cc2n1C1CCCC1)C(=O)c1ccc(C)c(Cl)c1. The van der Waals surface area contributed by atoms with Gasteiger partial charge in [0.15, 0.2) is 0 Å². The second kappa shape index (κ2) is 8.99. The van der Waals surface area contributed by atoms with Crippen molar-refractivity contribution in [3.8, 4) is 0 Å². The van der Waals surface area contributed by atoms with Crippen LogP contribution in [0, 0.1) is 6.92 Å². The van der Waals surface area contributed by atoms with Gasteiger partial charge in [0, 0.05) is 28.2 Å². The van der Waals surface area contributed by atoms with Crippen molar-refractivity contribution in [2.24, 2.45) is 0 Å². The van der Waals surface area contributed by atoms with Crippen molar-refractivity contribution in [1.82, 2.24) is 14.5 Å². The van der Waals surface area contributed by atoms with Crippen molar-refractivity contribution in [3.63, 3.8) is 0 Å². The third-order valence-electron chi connectivity index (χ3n) is 5.95. The molecular formula is C24H27Cl2N3O. The van der Waals surface area contributed by atoms with Crippen molar-refractivity contribution in [2.45, 2.75) is 58.5 Å². The summed E-state index contributed by atoms with van der Waals surface area (Å²) in [5.74, 6) is 0.918. The zero-order valence-electron chi connectivity index (χ0n) is 17.5. The van der Waals surface area contributed by atoms with Crippen LogP contribution < -0.4 is 0 Å². The van der Waals surface area contributed by atoms with E-state index in [2.05, 4.69) is 11.5 Å². The number of carbonyl (C=O) groups excluding carboxylic acids is 1. The van der Waals surface area contributed by atoms with E-state index in [1.165, 1.54) is 12.8 Å². The summed E-state index contributed by atoms with van der Waals surface area (Å²) in [7, 11) is 0. The normalized spacial score (nSPS) is 14.5. The van der Waals surface area contributed by atoms with Gasteiger partial charge in [-0.05, 0) is 62.1 Å². The lowest BCUT2D eigenvalue weighted by Crippen LogP contribution is -2.32. The molecule has 0 saturated heterocycles. The molecule has 4 nitrogen and oxygen atoms in total. The Labute approximate surface area is 187 Å². The van der Waals surface area contributed by atoms with Crippen LogP contribution in [-0.4, -0.2) is 26.9 Å². The molecular weight excluding hydrogens is 417 g/mol. The zero-order chi connectivity index (χ0) is 21.3. The van der Waals surface area contributed by atoms with Gasteiger partial charge in [-0.1, -0.05) is 49.0 Å². The molecule has 1 aliphatic carbocycles. The molecule has 158 valence electrons. The van der Waals surface area contributed by atoms with Gasteiger partial charge in [0.1, 0.15) is 5.82 Å². The molecule has 0 aliphatic heterocycles. The molecule has 3 aromatic rings. The van der Waals surface area contributed by atoms with Gasteiger partial charge in [0.2, 0.25) is 0 Å². The van der Waals surface area contributed by atoms with E-state index in [0.717, 1.165) is 41.7 Å². The Morgan fingerprint density at radius 1 is 1.17 bits per heavy atom.